The lowest BCUT2D eigenvalue weighted by Crippen LogP contribution is -2.62. The minimum atomic E-state index is -2.08. The summed E-state index contributed by atoms with van der Waals surface area (Å²) in [6.45, 7) is 7.86. The van der Waals surface area contributed by atoms with Crippen molar-refractivity contribution in [2.75, 3.05) is 37.7 Å². The van der Waals surface area contributed by atoms with Gasteiger partial charge >= 0.3 is 11.9 Å². The van der Waals surface area contributed by atoms with Crippen LogP contribution in [0.5, 0.6) is 5.75 Å². The van der Waals surface area contributed by atoms with Gasteiger partial charge in [-0.1, -0.05) is 107 Å². The third kappa shape index (κ3) is 38.8. The molecule has 1 fully saturated rings. The number of nitrogens with one attached hydrogen (secondary N) is 18. The zero-order valence-electron chi connectivity index (χ0n) is 80.5. The Morgan fingerprint density at radius 2 is 0.993 bits per heavy atom. The van der Waals surface area contributed by atoms with Gasteiger partial charge in [-0.2, -0.15) is 12.6 Å². The number of carboxylic acids is 2. The van der Waals surface area contributed by atoms with Crippen LogP contribution in [0.1, 0.15) is 147 Å². The molecule has 33 N–H and O–H groups in total. The number of thioether (sulfide) groups is 1. The van der Waals surface area contributed by atoms with Crippen LogP contribution >= 0.6 is 24.4 Å². The van der Waals surface area contributed by atoms with Gasteiger partial charge in [-0.3, -0.25) is 101 Å². The summed E-state index contributed by atoms with van der Waals surface area (Å²) in [5.41, 5.74) is 31.3. The van der Waals surface area contributed by atoms with Crippen molar-refractivity contribution in [3.05, 3.63) is 120 Å². The van der Waals surface area contributed by atoms with Gasteiger partial charge in [0, 0.05) is 74.2 Å². The summed E-state index contributed by atoms with van der Waals surface area (Å²) in [6, 6.07) is -5.39. The number of hydrogen-bond donors (Lipinski definition) is 29. The van der Waals surface area contributed by atoms with Crippen molar-refractivity contribution in [1.82, 2.24) is 99.6 Å². The van der Waals surface area contributed by atoms with E-state index < -0.39 is 284 Å². The van der Waals surface area contributed by atoms with E-state index in [0.29, 0.717) is 33.3 Å². The summed E-state index contributed by atoms with van der Waals surface area (Å²) >= 11 is 5.17. The Hall–Kier alpha value is -14.4. The molecule has 50 nitrogen and oxygen atoms in total. The quantitative estimate of drug-likeness (QED) is 0.00745. The van der Waals surface area contributed by atoms with Crippen molar-refractivity contribution in [3.8, 4) is 5.75 Å². The van der Waals surface area contributed by atoms with Gasteiger partial charge in [-0.05, 0) is 130 Å². The number of phenols is 1. The average Bonchev–Trinajstić information content (AvgIpc) is 1.66. The van der Waals surface area contributed by atoms with Crippen molar-refractivity contribution >= 4 is 159 Å². The number of aliphatic carboxylic acids is 2. The molecule has 17 atom stereocenters. The van der Waals surface area contributed by atoms with Crippen LogP contribution in [-0.2, 0) is 122 Å². The van der Waals surface area contributed by atoms with Gasteiger partial charge in [0.2, 0.25) is 106 Å². The van der Waals surface area contributed by atoms with Crippen LogP contribution in [0.2, 0.25) is 0 Å². The number of aromatic nitrogens is 3. The number of primary amides is 2. The molecule has 1 aliphatic rings. The number of guanidine groups is 1. The molecular formula is C92H133N25O25S2. The number of H-pyrrole nitrogens is 2. The molecule has 0 radical (unpaired) electrons. The summed E-state index contributed by atoms with van der Waals surface area (Å²) in [6.07, 6.45) is -4.29. The molecule has 3 aromatic carbocycles. The van der Waals surface area contributed by atoms with Crippen LogP contribution in [0.25, 0.3) is 10.9 Å². The topological polar surface area (TPSA) is 825 Å². The Morgan fingerprint density at radius 1 is 0.507 bits per heavy atom. The fraction of sp³-hybridized carbons (Fsp3) is 0.522. The molecule has 6 rings (SSSR count). The molecule has 17 amide bonds. The summed E-state index contributed by atoms with van der Waals surface area (Å²) in [4.78, 5) is 290. The number of likely N-dealkylation sites (tertiary alicyclic amines) is 1. The molecule has 52 heteroatoms. The van der Waals surface area contributed by atoms with E-state index in [1.807, 2.05) is 0 Å². The number of aliphatic hydroxyl groups is 2. The van der Waals surface area contributed by atoms with Crippen molar-refractivity contribution in [3.63, 3.8) is 0 Å². The van der Waals surface area contributed by atoms with Crippen molar-refractivity contribution in [1.29, 1.82) is 5.41 Å². The summed E-state index contributed by atoms with van der Waals surface area (Å²) in [5.74, 6) is -23.8. The van der Waals surface area contributed by atoms with Crippen LogP contribution in [0, 0.1) is 17.2 Å². The fourth-order valence-electron chi connectivity index (χ4n) is 15.3. The van der Waals surface area contributed by atoms with Gasteiger partial charge in [0.15, 0.2) is 5.96 Å². The van der Waals surface area contributed by atoms with Gasteiger partial charge in [0.25, 0.3) is 0 Å². The highest BCUT2D eigenvalue weighted by Gasteiger charge is 2.44. The van der Waals surface area contributed by atoms with E-state index in [4.69, 9.17) is 34.1 Å². The molecule has 1 aliphatic heterocycles. The Kier molecular flexibility index (Phi) is 48.9. The Morgan fingerprint density at radius 3 is 1.55 bits per heavy atom. The Bertz CT molecular complexity index is 5270. The first-order chi connectivity index (χ1) is 68.3. The van der Waals surface area contributed by atoms with Gasteiger partial charge in [-0.25, -0.2) is 4.98 Å². The third-order valence-corrected chi connectivity index (χ3v) is 24.3. The second kappa shape index (κ2) is 59.5. The molecule has 0 spiro atoms. The molecule has 144 heavy (non-hydrogen) atoms. The molecule has 5 aromatic rings. The van der Waals surface area contributed by atoms with E-state index in [1.165, 1.54) is 36.8 Å². The number of nitrogens with two attached hydrogens (primary N) is 5. The lowest BCUT2D eigenvalue weighted by molar-refractivity contribution is -0.143. The van der Waals surface area contributed by atoms with Gasteiger partial charge in [-0.15, -0.1) is 0 Å². The Labute approximate surface area is 838 Å². The number of carboxylic acid groups (broad SMARTS) is 2. The summed E-state index contributed by atoms with van der Waals surface area (Å²) in [5, 5.41) is 96.7. The number of carbonyl (C=O) groups is 20. The SMILES string of the molecule is CCSC(=O)[C@@H](NC(=O)[C@@H](NC(=O)[C@H](CS)NC(=O)[C@H](CC(=O)O)NC(=O)[C@H](CCC(=O)O)NC(=O)[C@H](Cc1c[nH]cn1)NC(=O)[C@H](CCCCN)NC(=O)[C@H](CC(N)=O)NC(=O)[C@@H]1CCCN1C(=O)[C@H](CCC(N)=O)NC(=O)[C@H](CCCNC(=N)N)NC(=O)[C@H](CO)NC(=O)[C@@H](NC(=O)[C@H](Cc1c[nH]c2ccccc12)NC(=O)[C@H](Cc1ccc(O)cc1)NC(=O)[C@@H](N)Cc1ccccc1)[C@@H](C)O)C(C)C)C(C)C. The number of aliphatic hydroxyl groups excluding tert-OH is 2. The number of phenolic OH excluding ortho intramolecular Hbond substituents is 1. The highest BCUT2D eigenvalue weighted by molar-refractivity contribution is 8.13. The van der Waals surface area contributed by atoms with Crippen molar-refractivity contribution in [2.24, 2.45) is 40.5 Å². The molecule has 1 saturated heterocycles. The molecule has 3 heterocycles. The van der Waals surface area contributed by atoms with Crippen LogP contribution in [0.3, 0.4) is 0 Å². The zero-order chi connectivity index (χ0) is 107. The average molecular weight is 2050 g/mol. The number of hydrogen-bond acceptors (Lipinski definition) is 29. The number of fused-ring (bicyclic) bond motifs is 1. The predicted octanol–water partition coefficient (Wildman–Crippen LogP) is -6.26. The highest BCUT2D eigenvalue weighted by atomic mass is 32.2. The number of unbranched alkanes of at least 4 members (excludes halogenated alkanes) is 1. The summed E-state index contributed by atoms with van der Waals surface area (Å²) in [7, 11) is 0. The largest absolute Gasteiger partial charge is 0.508 e. The standard InChI is InChI=1S/C92H133N25O25S2/c1-7-144-91(142)74(47(4)5)115-88(139)73(46(2)3)114-86(137)67(44-143)113-83(134)65(40-72(125)126)110-79(130)59(29-31-71(123)124)105-81(132)63(38-52-42-99-45-102-52)109-78(129)57(21-13-14-32-93)103-82(133)64(39-70(96)122)111-87(138)68-23-16-34-117(68)90(141)60(28-30-69(95)121)106-77(128)58(22-15-33-100-92(97)98)104-85(136)66(43-118)112-89(140)75(48(6)119)116-84(135)62(37-51-41-101-56-20-12-11-19-54(51)56)108-80(131)61(36-50-24-26-53(120)27-25-50)107-76(127)55(94)35-49-17-9-8-10-18-49/h8-12,17-20,24-27,41-42,45-48,55,57-68,73-75,101,118-120,143H,7,13-16,21-23,28-40,43-44,93-94H2,1-6H3,(H2,95,121)(H2,96,122)(H,99,102)(H,103,133)(H,104,136)(H,105,132)(H,106,128)(H,107,127)(H,108,131)(H,109,129)(H,110,130)(H,111,138)(H,112,140)(H,113,134)(H,114,137)(H,115,139)(H,116,135)(H,123,124)(H,125,126)(H4,97,98,100)/t48-,55+,57+,58+,59+,60+,61+,62+,63+,64+,65+,66+,67+,68+,73+,74+,75+/m1/s1. The number of amides is 17. The van der Waals surface area contributed by atoms with E-state index in [-0.39, 0.29) is 106 Å². The molecule has 0 aliphatic carbocycles. The van der Waals surface area contributed by atoms with E-state index in [2.05, 4.69) is 107 Å². The van der Waals surface area contributed by atoms with Crippen LogP contribution in [0.15, 0.2) is 97.6 Å². The lowest BCUT2D eigenvalue weighted by Gasteiger charge is -2.31. The number of rotatable bonds is 62. The second-order valence-corrected chi connectivity index (χ2v) is 36.8. The number of carbonyl (C=O) groups excluding carboxylic acids is 18. The number of aromatic hydroxyl groups is 1. The number of thiol groups is 1. The maximum absolute atomic E-state index is 15.0. The number of benzene rings is 3. The van der Waals surface area contributed by atoms with Crippen molar-refractivity contribution < 1.29 is 121 Å². The second-order valence-electron chi connectivity index (χ2n) is 35.1. The maximum atomic E-state index is 15.0. The minimum Gasteiger partial charge on any atom is -0.508 e. The highest BCUT2D eigenvalue weighted by Crippen LogP contribution is 2.24. The van der Waals surface area contributed by atoms with Gasteiger partial charge in [0.1, 0.15) is 96.4 Å². The first kappa shape index (κ1) is 118. The number of nitrogens with zero attached hydrogens (tertiary/aromatic N) is 2. The van der Waals surface area contributed by atoms with Gasteiger partial charge < -0.3 is 149 Å². The smallest absolute Gasteiger partial charge is 0.305 e. The Balaban J connectivity index is 1.20. The van der Waals surface area contributed by atoms with Gasteiger partial charge in [0.05, 0.1) is 43.6 Å². The number of imidazole rings is 1. The zero-order valence-corrected chi connectivity index (χ0v) is 82.2. The third-order valence-electron chi connectivity index (χ3n) is 23.1. The van der Waals surface area contributed by atoms with Crippen LogP contribution < -0.4 is 108 Å². The minimum absolute atomic E-state index is 0.0378. The van der Waals surface area contributed by atoms with E-state index in [1.54, 1.807) is 95.4 Å². The van der Waals surface area contributed by atoms with E-state index >= 15 is 4.79 Å². The number of para-hydroxylation sites is 1. The molecule has 0 bridgehead atoms. The molecule has 0 unspecified atom stereocenters. The first-order valence-corrected chi connectivity index (χ1v) is 48.4. The van der Waals surface area contributed by atoms with E-state index in [9.17, 15) is 117 Å². The number of aromatic amines is 2. The first-order valence-electron chi connectivity index (χ1n) is 46.8. The molecular weight excluding hydrogens is 1920 g/mol. The molecule has 788 valence electrons. The predicted molar refractivity (Wildman–Crippen MR) is 525 cm³/mol. The van der Waals surface area contributed by atoms with Crippen LogP contribution in [0.4, 0.5) is 0 Å². The summed E-state index contributed by atoms with van der Waals surface area (Å²) < 4.78 is 0. The molecule has 0 saturated carbocycles. The monoisotopic (exact) mass is 2050 g/mol. The maximum Gasteiger partial charge on any atom is 0.305 e. The normalized spacial score (nSPS) is 15.6. The lowest BCUT2D eigenvalue weighted by atomic mass is 10.0. The van der Waals surface area contributed by atoms with Crippen LogP contribution in [-0.4, -0.2) is 309 Å². The van der Waals surface area contributed by atoms with Crippen molar-refractivity contribution in [2.45, 2.75) is 253 Å². The van der Waals surface area contributed by atoms with E-state index in [0.717, 1.165) is 23.6 Å². The fourth-order valence-corrected chi connectivity index (χ4v) is 16.4. The molecule has 2 aromatic heterocycles.